The highest BCUT2D eigenvalue weighted by Crippen LogP contribution is 2.30. The van der Waals surface area contributed by atoms with Crippen LogP contribution in [0.2, 0.25) is 10.0 Å². The summed E-state index contributed by atoms with van der Waals surface area (Å²) in [5, 5.41) is 4.19. The molecule has 1 aromatic rings. The molecule has 0 aromatic heterocycles. The van der Waals surface area contributed by atoms with Crippen LogP contribution in [0, 0.1) is 0 Å². The summed E-state index contributed by atoms with van der Waals surface area (Å²) in [7, 11) is 0. The molecule has 1 rings (SSSR count). The van der Waals surface area contributed by atoms with Crippen molar-refractivity contribution in [2.24, 2.45) is 10.7 Å². The number of aliphatic imine (C=N–C) groups is 1. The molecular formula is C14H22Cl2IN3. The van der Waals surface area contributed by atoms with E-state index in [1.165, 1.54) is 0 Å². The van der Waals surface area contributed by atoms with Gasteiger partial charge >= 0.3 is 0 Å². The third kappa shape index (κ3) is 6.06. The Kier molecular flexibility index (Phi) is 8.21. The summed E-state index contributed by atoms with van der Waals surface area (Å²) in [6, 6.07) is 5.93. The van der Waals surface area contributed by atoms with Crippen molar-refractivity contribution in [1.82, 2.24) is 5.32 Å². The molecule has 0 saturated carbocycles. The molecule has 0 amide bonds. The molecule has 0 unspecified atom stereocenters. The van der Waals surface area contributed by atoms with E-state index < -0.39 is 0 Å². The molecule has 0 atom stereocenters. The Bertz CT molecular complexity index is 473. The molecule has 3 N–H and O–H groups in total. The third-order valence-corrected chi connectivity index (χ3v) is 3.52. The minimum Gasteiger partial charge on any atom is -0.370 e. The topological polar surface area (TPSA) is 50.4 Å². The first kappa shape index (κ1) is 19.8. The minimum absolute atomic E-state index is 0. The standard InChI is InChI=1S/C14H21Cl2N3.HI/c1-9(2)19-13(17)18-8-14(3,4)10-5-6-11(15)12(16)7-10;/h5-7,9H,8H2,1-4H3,(H3,17,18,19);1H. The van der Waals surface area contributed by atoms with E-state index in [0.717, 1.165) is 5.56 Å². The lowest BCUT2D eigenvalue weighted by atomic mass is 9.85. The van der Waals surface area contributed by atoms with Crippen LogP contribution in [0.15, 0.2) is 23.2 Å². The van der Waals surface area contributed by atoms with E-state index in [0.29, 0.717) is 22.5 Å². The molecule has 6 heteroatoms. The van der Waals surface area contributed by atoms with E-state index >= 15 is 0 Å². The van der Waals surface area contributed by atoms with Gasteiger partial charge in [0.05, 0.1) is 16.6 Å². The average molecular weight is 430 g/mol. The lowest BCUT2D eigenvalue weighted by Crippen LogP contribution is -2.38. The summed E-state index contributed by atoms with van der Waals surface area (Å²) < 4.78 is 0. The van der Waals surface area contributed by atoms with Crippen molar-refractivity contribution in [1.29, 1.82) is 0 Å². The second-order valence-electron chi connectivity index (χ2n) is 5.51. The average Bonchev–Trinajstić information content (AvgIpc) is 2.29. The SMILES string of the molecule is CC(C)NC(N)=NCC(C)(C)c1ccc(Cl)c(Cl)c1.I. The predicted molar refractivity (Wildman–Crippen MR) is 99.7 cm³/mol. The first-order chi connectivity index (χ1) is 8.72. The zero-order valence-electron chi connectivity index (χ0n) is 12.2. The van der Waals surface area contributed by atoms with Gasteiger partial charge in [0.1, 0.15) is 0 Å². The molecule has 0 bridgehead atoms. The number of guanidine groups is 1. The highest BCUT2D eigenvalue weighted by molar-refractivity contribution is 14.0. The maximum absolute atomic E-state index is 6.05. The summed E-state index contributed by atoms with van der Waals surface area (Å²) in [6.07, 6.45) is 0. The second kappa shape index (κ2) is 8.29. The van der Waals surface area contributed by atoms with Crippen LogP contribution in [0.5, 0.6) is 0 Å². The molecule has 0 aliphatic carbocycles. The smallest absolute Gasteiger partial charge is 0.188 e. The van der Waals surface area contributed by atoms with E-state index in [4.69, 9.17) is 28.9 Å². The molecule has 0 saturated heterocycles. The van der Waals surface area contributed by atoms with Crippen molar-refractivity contribution < 1.29 is 0 Å². The number of nitrogens with one attached hydrogen (secondary N) is 1. The summed E-state index contributed by atoms with van der Waals surface area (Å²) in [4.78, 5) is 4.37. The van der Waals surface area contributed by atoms with E-state index in [1.807, 2.05) is 26.0 Å². The van der Waals surface area contributed by atoms with Crippen molar-refractivity contribution in [2.45, 2.75) is 39.2 Å². The number of hydrogen-bond donors (Lipinski definition) is 2. The lowest BCUT2D eigenvalue weighted by molar-refractivity contribution is 0.538. The van der Waals surface area contributed by atoms with Crippen molar-refractivity contribution in [2.75, 3.05) is 6.54 Å². The maximum atomic E-state index is 6.05. The molecule has 0 heterocycles. The molecule has 0 aliphatic heterocycles. The molecule has 3 nitrogen and oxygen atoms in total. The van der Waals surface area contributed by atoms with Gasteiger partial charge in [-0.05, 0) is 31.5 Å². The number of benzene rings is 1. The lowest BCUT2D eigenvalue weighted by Gasteiger charge is -2.24. The first-order valence-corrected chi connectivity index (χ1v) is 7.00. The van der Waals surface area contributed by atoms with Gasteiger partial charge in [-0.2, -0.15) is 0 Å². The number of rotatable bonds is 4. The molecule has 0 radical (unpaired) electrons. The van der Waals surface area contributed by atoms with Crippen molar-refractivity contribution in [3.63, 3.8) is 0 Å². The van der Waals surface area contributed by atoms with Gasteiger partial charge in [-0.3, -0.25) is 4.99 Å². The van der Waals surface area contributed by atoms with Gasteiger partial charge in [0, 0.05) is 11.5 Å². The number of nitrogens with two attached hydrogens (primary N) is 1. The molecule has 1 aromatic carbocycles. The van der Waals surface area contributed by atoms with Crippen molar-refractivity contribution in [3.05, 3.63) is 33.8 Å². The van der Waals surface area contributed by atoms with E-state index in [9.17, 15) is 0 Å². The van der Waals surface area contributed by atoms with Crippen LogP contribution >= 0.6 is 47.2 Å². The quantitative estimate of drug-likeness (QED) is 0.428. The van der Waals surface area contributed by atoms with Gasteiger partial charge in [0.15, 0.2) is 5.96 Å². The second-order valence-corrected chi connectivity index (χ2v) is 6.33. The highest BCUT2D eigenvalue weighted by Gasteiger charge is 2.21. The van der Waals surface area contributed by atoms with Crippen LogP contribution in [-0.2, 0) is 5.41 Å². The summed E-state index contributed by atoms with van der Waals surface area (Å²) in [6.45, 7) is 8.81. The Morgan fingerprint density at radius 3 is 2.40 bits per heavy atom. The molecule has 20 heavy (non-hydrogen) atoms. The Morgan fingerprint density at radius 1 is 1.30 bits per heavy atom. The fourth-order valence-electron chi connectivity index (χ4n) is 1.63. The largest absolute Gasteiger partial charge is 0.370 e. The van der Waals surface area contributed by atoms with Crippen LogP contribution in [0.1, 0.15) is 33.3 Å². The fraction of sp³-hybridized carbons (Fsp3) is 0.500. The van der Waals surface area contributed by atoms with E-state index in [-0.39, 0.29) is 35.4 Å². The van der Waals surface area contributed by atoms with Gasteiger partial charge in [-0.1, -0.05) is 43.1 Å². The van der Waals surface area contributed by atoms with Gasteiger partial charge in [-0.15, -0.1) is 24.0 Å². The van der Waals surface area contributed by atoms with E-state index in [1.54, 1.807) is 6.07 Å². The number of nitrogens with zero attached hydrogens (tertiary/aromatic N) is 1. The Balaban J connectivity index is 0.00000361. The molecule has 114 valence electrons. The van der Waals surface area contributed by atoms with Gasteiger partial charge in [0.2, 0.25) is 0 Å². The molecule has 0 fully saturated rings. The molecule has 0 aliphatic rings. The Hall–Kier alpha value is -0.200. The normalized spacial score (nSPS) is 12.2. The van der Waals surface area contributed by atoms with Crippen LogP contribution in [0.25, 0.3) is 0 Å². The predicted octanol–water partition coefficient (Wildman–Crippen LogP) is 4.20. The summed E-state index contributed by atoms with van der Waals surface area (Å²) in [5.74, 6) is 0.461. The zero-order valence-corrected chi connectivity index (χ0v) is 16.0. The van der Waals surface area contributed by atoms with Crippen molar-refractivity contribution in [3.8, 4) is 0 Å². The summed E-state index contributed by atoms with van der Waals surface area (Å²) >= 11 is 12.0. The Morgan fingerprint density at radius 2 is 1.90 bits per heavy atom. The maximum Gasteiger partial charge on any atom is 0.188 e. The number of hydrogen-bond acceptors (Lipinski definition) is 1. The third-order valence-electron chi connectivity index (χ3n) is 2.78. The van der Waals surface area contributed by atoms with Crippen LogP contribution in [0.3, 0.4) is 0 Å². The highest BCUT2D eigenvalue weighted by atomic mass is 127. The summed E-state index contributed by atoms with van der Waals surface area (Å²) in [5.41, 5.74) is 6.74. The first-order valence-electron chi connectivity index (χ1n) is 6.24. The zero-order chi connectivity index (χ0) is 14.6. The number of halogens is 3. The van der Waals surface area contributed by atoms with Crippen LogP contribution in [0.4, 0.5) is 0 Å². The monoisotopic (exact) mass is 429 g/mol. The van der Waals surface area contributed by atoms with Crippen LogP contribution < -0.4 is 11.1 Å². The van der Waals surface area contributed by atoms with Gasteiger partial charge in [0.25, 0.3) is 0 Å². The van der Waals surface area contributed by atoms with Crippen molar-refractivity contribution >= 4 is 53.1 Å². The van der Waals surface area contributed by atoms with E-state index in [2.05, 4.69) is 24.2 Å². The minimum atomic E-state index is -0.155. The van der Waals surface area contributed by atoms with Gasteiger partial charge in [-0.25, -0.2) is 0 Å². The Labute approximate surface area is 148 Å². The molecular weight excluding hydrogens is 408 g/mol. The van der Waals surface area contributed by atoms with Crippen LogP contribution in [-0.4, -0.2) is 18.5 Å². The van der Waals surface area contributed by atoms with Gasteiger partial charge < -0.3 is 11.1 Å². The fourth-order valence-corrected chi connectivity index (χ4v) is 1.93. The molecule has 0 spiro atoms.